The fourth-order valence-corrected chi connectivity index (χ4v) is 0.833. The Labute approximate surface area is 127 Å². The van der Waals surface area contributed by atoms with E-state index < -0.39 is 17.0 Å². The zero-order valence-corrected chi connectivity index (χ0v) is 8.16. The zero-order chi connectivity index (χ0) is 10.1. The summed E-state index contributed by atoms with van der Waals surface area (Å²) in [5.74, 6) is -0.436. The van der Waals surface area contributed by atoms with Crippen molar-refractivity contribution in [2.24, 2.45) is 0 Å². The molecule has 0 amide bonds. The Morgan fingerprint density at radius 2 is 2.00 bits per heavy atom. The molecule has 0 fully saturated rings. The summed E-state index contributed by atoms with van der Waals surface area (Å²) in [6, 6.07) is 0. The molecule has 14 heavy (non-hydrogen) atoms. The van der Waals surface area contributed by atoms with Gasteiger partial charge in [-0.1, -0.05) is 6.08 Å². The molecule has 7 heteroatoms. The number of allylic oxidation sites excluding steroid dienone is 1. The summed E-state index contributed by atoms with van der Waals surface area (Å²) in [5, 5.41) is 0. The molecule has 0 rings (SSSR count). The number of thiol groups is 1. The molecule has 0 N–H and O–H groups in total. The molecular formula is C7H13KO5S. The van der Waals surface area contributed by atoms with E-state index in [1.165, 1.54) is 6.08 Å². The second-order valence-corrected chi connectivity index (χ2v) is 2.78. The van der Waals surface area contributed by atoms with Crippen LogP contribution >= 0.6 is 0 Å². The number of ether oxygens (including phenoxy) is 1. The van der Waals surface area contributed by atoms with Gasteiger partial charge in [0.15, 0.2) is 0 Å². The van der Waals surface area contributed by atoms with Gasteiger partial charge in [-0.3, -0.25) is 4.18 Å². The maximum absolute atomic E-state index is 10.7. The Bertz CT molecular complexity index is 240. The van der Waals surface area contributed by atoms with Crippen molar-refractivity contribution >= 4 is 68.3 Å². The van der Waals surface area contributed by atoms with Gasteiger partial charge in [-0.2, -0.15) is 0 Å². The first kappa shape index (κ1) is 17.2. The van der Waals surface area contributed by atoms with Gasteiger partial charge in [0.1, 0.15) is 0 Å². The van der Waals surface area contributed by atoms with E-state index >= 15 is 0 Å². The van der Waals surface area contributed by atoms with Crippen molar-refractivity contribution in [2.45, 2.75) is 13.3 Å². The molecule has 0 aliphatic carbocycles. The maximum atomic E-state index is 10.7. The summed E-state index contributed by atoms with van der Waals surface area (Å²) in [7, 11) is -2.79. The summed E-state index contributed by atoms with van der Waals surface area (Å²) < 4.78 is 28.7. The van der Waals surface area contributed by atoms with Crippen molar-refractivity contribution in [3.8, 4) is 0 Å². The normalized spacial score (nSPS) is 10.1. The van der Waals surface area contributed by atoms with E-state index in [2.05, 4.69) is 8.92 Å². The summed E-state index contributed by atoms with van der Waals surface area (Å²) in [6.07, 6.45) is 3.22. The third-order valence-electron chi connectivity index (χ3n) is 1.03. The van der Waals surface area contributed by atoms with Gasteiger partial charge in [0.05, 0.1) is 13.2 Å². The third kappa shape index (κ3) is 12.8. The van der Waals surface area contributed by atoms with Crippen LogP contribution in [0.2, 0.25) is 0 Å². The van der Waals surface area contributed by atoms with E-state index in [9.17, 15) is 13.2 Å². The average molecular weight is 248 g/mol. The number of carbonyl (C=O) groups is 1. The average Bonchev–Trinajstić information content (AvgIpc) is 2.03. The van der Waals surface area contributed by atoms with Gasteiger partial charge < -0.3 is 4.74 Å². The van der Waals surface area contributed by atoms with Crippen molar-refractivity contribution in [2.75, 3.05) is 13.2 Å². The van der Waals surface area contributed by atoms with E-state index in [1.807, 2.05) is 0 Å². The SMILES string of the molecule is CC=CC(=O)OCCCO[SH](=O)=O.[KH]. The molecule has 0 heterocycles. The van der Waals surface area contributed by atoms with Gasteiger partial charge in [-0.25, -0.2) is 13.2 Å². The van der Waals surface area contributed by atoms with Crippen LogP contribution in [0.4, 0.5) is 0 Å². The first-order valence-electron chi connectivity index (χ1n) is 3.73. The van der Waals surface area contributed by atoms with Crippen LogP contribution in [0, 0.1) is 0 Å². The van der Waals surface area contributed by atoms with Crippen LogP contribution in [-0.2, 0) is 24.7 Å². The van der Waals surface area contributed by atoms with Gasteiger partial charge >= 0.3 is 57.4 Å². The second-order valence-electron chi connectivity index (χ2n) is 2.08. The van der Waals surface area contributed by atoms with Crippen LogP contribution in [0.5, 0.6) is 0 Å². The van der Waals surface area contributed by atoms with Crippen molar-refractivity contribution in [3.05, 3.63) is 12.2 Å². The molecule has 0 aromatic carbocycles. The van der Waals surface area contributed by atoms with Gasteiger partial charge in [0.2, 0.25) is 0 Å². The van der Waals surface area contributed by atoms with E-state index in [-0.39, 0.29) is 64.6 Å². The Morgan fingerprint density at radius 3 is 2.50 bits per heavy atom. The molecule has 0 aromatic heterocycles. The predicted octanol–water partition coefficient (Wildman–Crippen LogP) is -0.610. The monoisotopic (exact) mass is 248 g/mol. The van der Waals surface area contributed by atoms with Gasteiger partial charge in [-0.15, -0.1) is 0 Å². The van der Waals surface area contributed by atoms with Crippen LogP contribution in [0.3, 0.4) is 0 Å². The topological polar surface area (TPSA) is 69.7 Å². The van der Waals surface area contributed by atoms with Crippen molar-refractivity contribution in [1.29, 1.82) is 0 Å². The summed E-state index contributed by atoms with van der Waals surface area (Å²) >= 11 is 0. The first-order chi connectivity index (χ1) is 6.16. The van der Waals surface area contributed by atoms with E-state index in [0.717, 1.165) is 0 Å². The molecule has 0 aliphatic heterocycles. The van der Waals surface area contributed by atoms with Gasteiger partial charge in [0.25, 0.3) is 11.0 Å². The van der Waals surface area contributed by atoms with Crippen LogP contribution in [0.25, 0.3) is 0 Å². The number of rotatable bonds is 6. The minimum absolute atomic E-state index is 0. The summed E-state index contributed by atoms with van der Waals surface area (Å²) in [4.78, 5) is 10.7. The van der Waals surface area contributed by atoms with Gasteiger partial charge in [-0.05, 0) is 6.92 Å². The Balaban J connectivity index is 0. The molecule has 0 unspecified atom stereocenters. The molecule has 0 saturated carbocycles. The molecule has 0 radical (unpaired) electrons. The molecule has 0 aliphatic rings. The second kappa shape index (κ2) is 11.8. The van der Waals surface area contributed by atoms with Crippen molar-refractivity contribution in [1.82, 2.24) is 0 Å². The quantitative estimate of drug-likeness (QED) is 0.223. The molecule has 0 bridgehead atoms. The van der Waals surface area contributed by atoms with Crippen molar-refractivity contribution < 1.29 is 22.1 Å². The summed E-state index contributed by atoms with van der Waals surface area (Å²) in [5.41, 5.74) is 0. The standard InChI is InChI=1S/C7H12O5S.K.H/c1-2-4-7(8)11-5-3-6-12-13(9)10;;/h2,4,13H,3,5-6H2,1H3;;. The fraction of sp³-hybridized carbons (Fsp3) is 0.571. The zero-order valence-electron chi connectivity index (χ0n) is 7.26. The van der Waals surface area contributed by atoms with Gasteiger partial charge in [0, 0.05) is 12.5 Å². The first-order valence-corrected chi connectivity index (χ1v) is 4.83. The van der Waals surface area contributed by atoms with E-state index in [1.54, 1.807) is 13.0 Å². The van der Waals surface area contributed by atoms with Crippen LogP contribution in [-0.4, -0.2) is 79.0 Å². The molecule has 0 aromatic rings. The van der Waals surface area contributed by atoms with E-state index in [0.29, 0.717) is 6.42 Å². The van der Waals surface area contributed by atoms with Crippen LogP contribution in [0.1, 0.15) is 13.3 Å². The Morgan fingerprint density at radius 1 is 1.36 bits per heavy atom. The Kier molecular flexibility index (Phi) is 14.5. The van der Waals surface area contributed by atoms with Crippen LogP contribution < -0.4 is 0 Å². The molecule has 78 valence electrons. The molecule has 5 nitrogen and oxygen atoms in total. The molecule has 0 atom stereocenters. The summed E-state index contributed by atoms with van der Waals surface area (Å²) in [6.45, 7) is 1.90. The third-order valence-corrected chi connectivity index (χ3v) is 1.43. The molecule has 0 spiro atoms. The van der Waals surface area contributed by atoms with Crippen molar-refractivity contribution in [3.63, 3.8) is 0 Å². The number of hydrogen-bond donors (Lipinski definition) is 1. The Hall–Kier alpha value is 0.756. The number of hydrogen-bond acceptors (Lipinski definition) is 5. The van der Waals surface area contributed by atoms with E-state index in [4.69, 9.17) is 0 Å². The molecular weight excluding hydrogens is 235 g/mol. The number of carbonyl (C=O) groups excluding carboxylic acids is 1. The van der Waals surface area contributed by atoms with Crippen LogP contribution in [0.15, 0.2) is 12.2 Å². The minimum atomic E-state index is -2.79. The molecule has 0 saturated heterocycles. The number of esters is 1. The fourth-order valence-electron chi connectivity index (χ4n) is 0.555. The predicted molar refractivity (Wildman–Crippen MR) is 53.8 cm³/mol.